The van der Waals surface area contributed by atoms with Crippen molar-refractivity contribution in [2.45, 2.75) is 13.1 Å². The third-order valence-corrected chi connectivity index (χ3v) is 3.28. The summed E-state index contributed by atoms with van der Waals surface area (Å²) in [6.45, 7) is 1.55. The average molecular weight is 335 g/mol. The molecule has 0 aliphatic heterocycles. The van der Waals surface area contributed by atoms with Gasteiger partial charge in [-0.15, -0.1) is 0 Å². The summed E-state index contributed by atoms with van der Waals surface area (Å²) in [6.07, 6.45) is -2.17. The highest BCUT2D eigenvalue weighted by molar-refractivity contribution is 6.32. The second-order valence-electron chi connectivity index (χ2n) is 4.43. The molecular weight excluding hydrogens is 325 g/mol. The standard InChI is InChI=1S/C13H10ClF3N2O3/c1-6(5-22-2)7-3-8(13(15,16)17)11-18-9(12(20)21)10(14)19(11)4-7/h3-5H,1-2H3,(H,20,21). The molecule has 0 saturated carbocycles. The predicted octanol–water partition coefficient (Wildman–Crippen LogP) is 3.71. The first kappa shape index (κ1) is 16.2. The molecule has 0 bridgehead atoms. The van der Waals surface area contributed by atoms with E-state index in [2.05, 4.69) is 4.98 Å². The number of ether oxygens (including phenoxy) is 1. The van der Waals surface area contributed by atoms with E-state index >= 15 is 0 Å². The van der Waals surface area contributed by atoms with Crippen LogP contribution in [0.15, 0.2) is 18.5 Å². The zero-order valence-corrected chi connectivity index (χ0v) is 12.2. The van der Waals surface area contributed by atoms with Crippen molar-refractivity contribution >= 4 is 28.8 Å². The Morgan fingerprint density at radius 1 is 1.50 bits per heavy atom. The fourth-order valence-corrected chi connectivity index (χ4v) is 2.17. The van der Waals surface area contributed by atoms with Gasteiger partial charge in [-0.25, -0.2) is 9.78 Å². The van der Waals surface area contributed by atoms with Gasteiger partial charge in [0.25, 0.3) is 0 Å². The number of allylic oxidation sites excluding steroid dienone is 1. The van der Waals surface area contributed by atoms with Gasteiger partial charge in [-0.1, -0.05) is 11.6 Å². The molecule has 118 valence electrons. The molecule has 22 heavy (non-hydrogen) atoms. The van der Waals surface area contributed by atoms with Gasteiger partial charge >= 0.3 is 12.1 Å². The maximum atomic E-state index is 13.2. The lowest BCUT2D eigenvalue weighted by atomic mass is 10.1. The fraction of sp³-hybridized carbons (Fsp3) is 0.231. The van der Waals surface area contributed by atoms with Gasteiger partial charge < -0.3 is 9.84 Å². The number of fused-ring (bicyclic) bond motifs is 1. The van der Waals surface area contributed by atoms with Crippen molar-refractivity contribution in [1.82, 2.24) is 9.38 Å². The maximum Gasteiger partial charge on any atom is 0.420 e. The van der Waals surface area contributed by atoms with Gasteiger partial charge in [0.05, 0.1) is 18.9 Å². The highest BCUT2D eigenvalue weighted by Gasteiger charge is 2.36. The number of hydrogen-bond donors (Lipinski definition) is 1. The van der Waals surface area contributed by atoms with Crippen LogP contribution in [0.4, 0.5) is 13.2 Å². The zero-order chi connectivity index (χ0) is 16.7. The van der Waals surface area contributed by atoms with Crippen molar-refractivity contribution in [3.05, 3.63) is 40.5 Å². The molecule has 0 amide bonds. The molecule has 1 N–H and O–H groups in total. The lowest BCUT2D eigenvalue weighted by Crippen LogP contribution is -2.09. The van der Waals surface area contributed by atoms with Gasteiger partial charge in [0, 0.05) is 6.20 Å². The largest absolute Gasteiger partial charge is 0.504 e. The Bertz CT molecular complexity index is 781. The molecule has 2 aromatic rings. The van der Waals surface area contributed by atoms with Crippen LogP contribution in [-0.4, -0.2) is 27.6 Å². The van der Waals surface area contributed by atoms with Gasteiger partial charge in [0.15, 0.2) is 11.3 Å². The Balaban J connectivity index is 2.87. The number of halogens is 4. The van der Waals surface area contributed by atoms with E-state index < -0.39 is 34.2 Å². The zero-order valence-electron chi connectivity index (χ0n) is 11.4. The smallest absolute Gasteiger partial charge is 0.420 e. The van der Waals surface area contributed by atoms with Crippen LogP contribution in [0, 0.1) is 0 Å². The summed E-state index contributed by atoms with van der Waals surface area (Å²) in [4.78, 5) is 14.5. The predicted molar refractivity (Wildman–Crippen MR) is 72.8 cm³/mol. The summed E-state index contributed by atoms with van der Waals surface area (Å²) in [6, 6.07) is 0.870. The first-order valence-corrected chi connectivity index (χ1v) is 6.26. The Hall–Kier alpha value is -2.22. The molecule has 0 fully saturated rings. The number of pyridine rings is 1. The number of alkyl halides is 3. The summed E-state index contributed by atoms with van der Waals surface area (Å²) >= 11 is 5.83. The highest BCUT2D eigenvalue weighted by Crippen LogP contribution is 2.35. The van der Waals surface area contributed by atoms with Crippen molar-refractivity contribution in [2.75, 3.05) is 7.11 Å². The molecule has 0 atom stereocenters. The van der Waals surface area contributed by atoms with Crippen LogP contribution < -0.4 is 0 Å². The van der Waals surface area contributed by atoms with Gasteiger partial charge in [0.1, 0.15) is 5.15 Å². The Kier molecular flexibility index (Phi) is 4.06. The number of nitrogens with zero attached hydrogens (tertiary/aromatic N) is 2. The van der Waals surface area contributed by atoms with Crippen LogP contribution in [0.2, 0.25) is 5.15 Å². The topological polar surface area (TPSA) is 63.8 Å². The van der Waals surface area contributed by atoms with E-state index in [1.54, 1.807) is 6.92 Å². The third kappa shape index (κ3) is 2.74. The monoisotopic (exact) mass is 334 g/mol. The summed E-state index contributed by atoms with van der Waals surface area (Å²) < 4.78 is 45.3. The number of carbonyl (C=O) groups is 1. The second kappa shape index (κ2) is 5.53. The Labute approximate surface area is 127 Å². The SMILES string of the molecule is COC=C(C)c1cc(C(F)(F)F)c2nc(C(=O)O)c(Cl)n2c1. The average Bonchev–Trinajstić information content (AvgIpc) is 2.74. The fourth-order valence-electron chi connectivity index (χ4n) is 1.92. The van der Waals surface area contributed by atoms with Crippen molar-refractivity contribution < 1.29 is 27.8 Å². The summed E-state index contributed by atoms with van der Waals surface area (Å²) in [5.74, 6) is -1.51. The van der Waals surface area contributed by atoms with Gasteiger partial charge in [-0.3, -0.25) is 4.40 Å². The molecule has 0 aliphatic carbocycles. The number of aromatic nitrogens is 2. The lowest BCUT2D eigenvalue weighted by Gasteiger charge is -2.11. The van der Waals surface area contributed by atoms with Crippen LogP contribution in [0.3, 0.4) is 0 Å². The number of methoxy groups -OCH3 is 1. The third-order valence-electron chi connectivity index (χ3n) is 2.92. The highest BCUT2D eigenvalue weighted by atomic mass is 35.5. The molecule has 0 saturated heterocycles. The molecule has 0 radical (unpaired) electrons. The quantitative estimate of drug-likeness (QED) is 0.869. The molecule has 5 nitrogen and oxygen atoms in total. The molecule has 0 spiro atoms. The van der Waals surface area contributed by atoms with Crippen LogP contribution in [0.25, 0.3) is 11.2 Å². The number of rotatable bonds is 3. The first-order chi connectivity index (χ1) is 10.2. The second-order valence-corrected chi connectivity index (χ2v) is 4.78. The van der Waals surface area contributed by atoms with E-state index in [1.165, 1.54) is 19.6 Å². The van der Waals surface area contributed by atoms with E-state index in [4.69, 9.17) is 21.4 Å². The number of imidazole rings is 1. The van der Waals surface area contributed by atoms with Gasteiger partial charge in [0.2, 0.25) is 0 Å². The minimum absolute atomic E-state index is 0.179. The van der Waals surface area contributed by atoms with E-state index in [0.717, 1.165) is 10.5 Å². The summed E-state index contributed by atoms with van der Waals surface area (Å²) in [5.41, 5.74) is -1.70. The molecule has 0 aromatic carbocycles. The lowest BCUT2D eigenvalue weighted by molar-refractivity contribution is -0.136. The Morgan fingerprint density at radius 2 is 2.14 bits per heavy atom. The molecule has 2 rings (SSSR count). The van der Waals surface area contributed by atoms with Crippen molar-refractivity contribution in [3.63, 3.8) is 0 Å². The van der Waals surface area contributed by atoms with E-state index in [9.17, 15) is 18.0 Å². The minimum Gasteiger partial charge on any atom is -0.504 e. The van der Waals surface area contributed by atoms with Crippen LogP contribution >= 0.6 is 11.6 Å². The summed E-state index contributed by atoms with van der Waals surface area (Å²) in [5, 5.41) is 8.55. The molecule has 9 heteroatoms. The van der Waals surface area contributed by atoms with Crippen LogP contribution in [0.5, 0.6) is 0 Å². The molecule has 2 aromatic heterocycles. The van der Waals surface area contributed by atoms with Crippen molar-refractivity contribution in [2.24, 2.45) is 0 Å². The number of carboxylic acids is 1. The van der Waals surface area contributed by atoms with Gasteiger partial charge in [-0.2, -0.15) is 13.2 Å². The molecule has 0 unspecified atom stereocenters. The van der Waals surface area contributed by atoms with E-state index in [0.29, 0.717) is 5.57 Å². The van der Waals surface area contributed by atoms with Crippen molar-refractivity contribution in [1.29, 1.82) is 0 Å². The molecular formula is C13H10ClF3N2O3. The van der Waals surface area contributed by atoms with Crippen molar-refractivity contribution in [3.8, 4) is 0 Å². The van der Waals surface area contributed by atoms with Crippen LogP contribution in [-0.2, 0) is 10.9 Å². The molecule has 2 heterocycles. The minimum atomic E-state index is -4.71. The van der Waals surface area contributed by atoms with E-state index in [1.807, 2.05) is 0 Å². The Morgan fingerprint density at radius 3 is 2.64 bits per heavy atom. The number of carboxylic acid groups (broad SMARTS) is 1. The maximum absolute atomic E-state index is 13.2. The first-order valence-electron chi connectivity index (χ1n) is 5.88. The van der Waals surface area contributed by atoms with Gasteiger partial charge in [-0.05, 0) is 24.1 Å². The molecule has 0 aliphatic rings. The normalized spacial score (nSPS) is 12.7. The van der Waals surface area contributed by atoms with Crippen LogP contribution in [0.1, 0.15) is 28.5 Å². The summed E-state index contributed by atoms with van der Waals surface area (Å²) in [7, 11) is 1.36. The van der Waals surface area contributed by atoms with E-state index in [-0.39, 0.29) is 5.56 Å². The number of aromatic carboxylic acids is 1. The number of hydrogen-bond acceptors (Lipinski definition) is 3.